The normalized spacial score (nSPS) is 12.6. The number of ether oxygens (including phenoxy) is 2. The molecule has 0 saturated heterocycles. The summed E-state index contributed by atoms with van der Waals surface area (Å²) < 4.78 is 10.3. The SMILES string of the molecule is C/C=C/C(=O)OC(C)OCc1ccccc1. The van der Waals surface area contributed by atoms with Crippen LogP contribution >= 0.6 is 0 Å². The molecule has 0 heterocycles. The molecule has 0 aliphatic rings. The summed E-state index contributed by atoms with van der Waals surface area (Å²) in [7, 11) is 0. The smallest absolute Gasteiger partial charge is 0.332 e. The van der Waals surface area contributed by atoms with Crippen LogP contribution < -0.4 is 0 Å². The Hall–Kier alpha value is -1.61. The van der Waals surface area contributed by atoms with E-state index in [1.807, 2.05) is 30.3 Å². The van der Waals surface area contributed by atoms with E-state index < -0.39 is 6.29 Å². The lowest BCUT2D eigenvalue weighted by atomic mass is 10.2. The zero-order valence-electron chi connectivity index (χ0n) is 9.55. The van der Waals surface area contributed by atoms with Gasteiger partial charge in [-0.05, 0) is 19.4 Å². The molecule has 0 aliphatic heterocycles. The molecule has 0 fully saturated rings. The van der Waals surface area contributed by atoms with Crippen LogP contribution in [0.15, 0.2) is 42.5 Å². The van der Waals surface area contributed by atoms with Gasteiger partial charge < -0.3 is 9.47 Å². The number of benzene rings is 1. The molecular weight excluding hydrogens is 204 g/mol. The highest BCUT2D eigenvalue weighted by Crippen LogP contribution is 2.04. The molecule has 0 aliphatic carbocycles. The second-order valence-corrected chi connectivity index (χ2v) is 3.30. The lowest BCUT2D eigenvalue weighted by Gasteiger charge is -2.12. The first-order chi connectivity index (χ1) is 7.72. The molecule has 1 aromatic carbocycles. The van der Waals surface area contributed by atoms with E-state index in [9.17, 15) is 4.79 Å². The zero-order chi connectivity index (χ0) is 11.8. The van der Waals surface area contributed by atoms with E-state index in [0.29, 0.717) is 6.61 Å². The minimum atomic E-state index is -0.538. The van der Waals surface area contributed by atoms with Gasteiger partial charge in [0, 0.05) is 6.08 Å². The predicted molar refractivity (Wildman–Crippen MR) is 61.6 cm³/mol. The van der Waals surface area contributed by atoms with Crippen molar-refractivity contribution in [1.29, 1.82) is 0 Å². The van der Waals surface area contributed by atoms with Gasteiger partial charge in [-0.2, -0.15) is 0 Å². The Morgan fingerprint density at radius 1 is 1.38 bits per heavy atom. The second kappa shape index (κ2) is 6.80. The van der Waals surface area contributed by atoms with Crippen molar-refractivity contribution in [3.05, 3.63) is 48.0 Å². The fraction of sp³-hybridized carbons (Fsp3) is 0.308. The second-order valence-electron chi connectivity index (χ2n) is 3.30. The molecule has 1 rings (SSSR count). The predicted octanol–water partition coefficient (Wildman–Crippen LogP) is 2.67. The van der Waals surface area contributed by atoms with E-state index in [4.69, 9.17) is 9.47 Å². The molecule has 1 unspecified atom stereocenters. The van der Waals surface area contributed by atoms with Crippen LogP contribution in [0, 0.1) is 0 Å². The van der Waals surface area contributed by atoms with Crippen LogP contribution in [0.25, 0.3) is 0 Å². The zero-order valence-corrected chi connectivity index (χ0v) is 9.55. The lowest BCUT2D eigenvalue weighted by Crippen LogP contribution is -2.16. The fourth-order valence-corrected chi connectivity index (χ4v) is 1.16. The Kier molecular flexibility index (Phi) is 5.29. The van der Waals surface area contributed by atoms with E-state index in [1.54, 1.807) is 19.9 Å². The molecule has 1 atom stereocenters. The molecule has 0 spiro atoms. The molecule has 86 valence electrons. The van der Waals surface area contributed by atoms with Crippen LogP contribution in [0.5, 0.6) is 0 Å². The first-order valence-electron chi connectivity index (χ1n) is 5.21. The van der Waals surface area contributed by atoms with Crippen LogP contribution in [0.2, 0.25) is 0 Å². The van der Waals surface area contributed by atoms with Crippen LogP contribution in [0.1, 0.15) is 19.4 Å². The number of hydrogen-bond donors (Lipinski definition) is 0. The van der Waals surface area contributed by atoms with Crippen molar-refractivity contribution >= 4 is 5.97 Å². The minimum Gasteiger partial charge on any atom is -0.433 e. The summed E-state index contributed by atoms with van der Waals surface area (Å²) in [4.78, 5) is 11.1. The number of esters is 1. The van der Waals surface area contributed by atoms with Gasteiger partial charge in [-0.1, -0.05) is 36.4 Å². The molecule has 0 radical (unpaired) electrons. The summed E-state index contributed by atoms with van der Waals surface area (Å²) in [6, 6.07) is 9.74. The number of hydrogen-bond acceptors (Lipinski definition) is 3. The van der Waals surface area contributed by atoms with Gasteiger partial charge in [0.05, 0.1) is 6.61 Å². The number of allylic oxidation sites excluding steroid dienone is 1. The molecule has 3 heteroatoms. The highest BCUT2D eigenvalue weighted by atomic mass is 16.7. The maximum absolute atomic E-state index is 11.1. The summed E-state index contributed by atoms with van der Waals surface area (Å²) in [5, 5.41) is 0. The molecule has 0 bridgehead atoms. The Morgan fingerprint density at radius 2 is 2.06 bits per heavy atom. The quantitative estimate of drug-likeness (QED) is 0.435. The van der Waals surface area contributed by atoms with Gasteiger partial charge in [-0.15, -0.1) is 0 Å². The molecule has 0 saturated carbocycles. The molecule has 1 aromatic rings. The van der Waals surface area contributed by atoms with Gasteiger partial charge in [0.1, 0.15) is 0 Å². The van der Waals surface area contributed by atoms with Gasteiger partial charge in [0.15, 0.2) is 0 Å². The van der Waals surface area contributed by atoms with Crippen LogP contribution in [-0.2, 0) is 20.9 Å². The summed E-state index contributed by atoms with van der Waals surface area (Å²) in [6.07, 6.45) is 2.46. The van der Waals surface area contributed by atoms with Crippen LogP contribution in [0.3, 0.4) is 0 Å². The fourth-order valence-electron chi connectivity index (χ4n) is 1.16. The average Bonchev–Trinajstić information content (AvgIpc) is 2.28. The molecule has 16 heavy (non-hydrogen) atoms. The van der Waals surface area contributed by atoms with Gasteiger partial charge in [-0.3, -0.25) is 0 Å². The Bertz CT molecular complexity index is 343. The Morgan fingerprint density at radius 3 is 2.69 bits per heavy atom. The van der Waals surface area contributed by atoms with Crippen molar-refractivity contribution in [2.75, 3.05) is 0 Å². The number of carbonyl (C=O) groups is 1. The first-order valence-corrected chi connectivity index (χ1v) is 5.21. The first kappa shape index (κ1) is 12.5. The third kappa shape index (κ3) is 4.75. The summed E-state index contributed by atoms with van der Waals surface area (Å²) in [5.41, 5.74) is 1.05. The van der Waals surface area contributed by atoms with Gasteiger partial charge in [0.25, 0.3) is 0 Å². The maximum Gasteiger partial charge on any atom is 0.332 e. The standard InChI is InChI=1S/C13H16O3/c1-3-7-13(14)16-11(2)15-10-12-8-5-4-6-9-12/h3-9,11H,10H2,1-2H3/b7-3+. The summed E-state index contributed by atoms with van der Waals surface area (Å²) in [6.45, 7) is 3.90. The van der Waals surface area contributed by atoms with E-state index in [-0.39, 0.29) is 5.97 Å². The summed E-state index contributed by atoms with van der Waals surface area (Å²) in [5.74, 6) is -0.386. The van der Waals surface area contributed by atoms with Crippen molar-refractivity contribution in [2.45, 2.75) is 26.7 Å². The number of rotatable bonds is 5. The Labute approximate surface area is 95.7 Å². The van der Waals surface area contributed by atoms with Crippen molar-refractivity contribution in [2.24, 2.45) is 0 Å². The van der Waals surface area contributed by atoms with E-state index >= 15 is 0 Å². The molecular formula is C13H16O3. The lowest BCUT2D eigenvalue weighted by molar-refractivity contribution is -0.171. The van der Waals surface area contributed by atoms with Gasteiger partial charge in [0.2, 0.25) is 6.29 Å². The van der Waals surface area contributed by atoms with Gasteiger partial charge >= 0.3 is 5.97 Å². The average molecular weight is 220 g/mol. The maximum atomic E-state index is 11.1. The third-order valence-corrected chi connectivity index (χ3v) is 1.91. The molecule has 0 aromatic heterocycles. The summed E-state index contributed by atoms with van der Waals surface area (Å²) >= 11 is 0. The third-order valence-electron chi connectivity index (χ3n) is 1.91. The molecule has 3 nitrogen and oxygen atoms in total. The van der Waals surface area contributed by atoms with Gasteiger partial charge in [-0.25, -0.2) is 4.79 Å². The number of carbonyl (C=O) groups excluding carboxylic acids is 1. The van der Waals surface area contributed by atoms with E-state index in [2.05, 4.69) is 0 Å². The largest absolute Gasteiger partial charge is 0.433 e. The topological polar surface area (TPSA) is 35.5 Å². The minimum absolute atomic E-state index is 0.386. The monoisotopic (exact) mass is 220 g/mol. The van der Waals surface area contributed by atoms with Crippen molar-refractivity contribution < 1.29 is 14.3 Å². The van der Waals surface area contributed by atoms with Crippen LogP contribution in [0.4, 0.5) is 0 Å². The van der Waals surface area contributed by atoms with Crippen molar-refractivity contribution in [1.82, 2.24) is 0 Å². The van der Waals surface area contributed by atoms with E-state index in [0.717, 1.165) is 5.56 Å². The van der Waals surface area contributed by atoms with Crippen molar-refractivity contribution in [3.63, 3.8) is 0 Å². The molecule has 0 amide bonds. The highest BCUT2D eigenvalue weighted by Gasteiger charge is 2.06. The molecule has 0 N–H and O–H groups in total. The Balaban J connectivity index is 2.30. The van der Waals surface area contributed by atoms with E-state index in [1.165, 1.54) is 6.08 Å². The van der Waals surface area contributed by atoms with Crippen molar-refractivity contribution in [3.8, 4) is 0 Å². The van der Waals surface area contributed by atoms with Crippen LogP contribution in [-0.4, -0.2) is 12.3 Å². The highest BCUT2D eigenvalue weighted by molar-refractivity contribution is 5.81.